The normalized spacial score (nSPS) is 15.7. The van der Waals surface area contributed by atoms with Crippen molar-refractivity contribution in [3.8, 4) is 11.4 Å². The number of alkyl halides is 2. The van der Waals surface area contributed by atoms with E-state index in [1.807, 2.05) is 12.1 Å². The number of rotatable bonds is 7. The van der Waals surface area contributed by atoms with E-state index in [9.17, 15) is 18.4 Å². The van der Waals surface area contributed by atoms with E-state index in [1.54, 1.807) is 24.3 Å². The molecule has 1 N–H and O–H groups in total. The summed E-state index contributed by atoms with van der Waals surface area (Å²) in [5.41, 5.74) is 0.877. The van der Waals surface area contributed by atoms with Gasteiger partial charge in [-0.15, -0.1) is 0 Å². The zero-order valence-corrected chi connectivity index (χ0v) is 17.0. The second-order valence-corrected chi connectivity index (χ2v) is 7.21. The number of aromatic nitrogens is 2. The van der Waals surface area contributed by atoms with E-state index in [-0.39, 0.29) is 23.1 Å². The molecule has 0 spiro atoms. The molecular weight excluding hydrogens is 420 g/mol. The largest absolute Gasteiger partial charge is 0.485 e. The Labute approximate surface area is 182 Å². The van der Waals surface area contributed by atoms with Crippen LogP contribution in [0.4, 0.5) is 14.5 Å². The number of ether oxygens (including phenoxy) is 2. The quantitative estimate of drug-likeness (QED) is 0.600. The Hall–Kier alpha value is -3.59. The van der Waals surface area contributed by atoms with Crippen LogP contribution in [0, 0.1) is 0 Å². The van der Waals surface area contributed by atoms with Crippen LogP contribution in [0.15, 0.2) is 65.6 Å². The predicted octanol–water partition coefficient (Wildman–Crippen LogP) is 3.98. The predicted molar refractivity (Wildman–Crippen MR) is 114 cm³/mol. The molecule has 0 radical (unpaired) electrons. The number of anilines is 1. The summed E-state index contributed by atoms with van der Waals surface area (Å²) in [6.45, 7) is -0.0817. The third kappa shape index (κ3) is 4.83. The standard InChI is InChI=1S/C23H21F2N3O4/c24-21(25)14-32-20-5-2-1-4-18(20)28-23(30)17(11-12-26-28)22(29)27-16-9-7-15(8-10-16)19-6-3-13-31-19/h1-2,4-5,7-12,19,21H,3,6,13-14H2,(H,27,29). The van der Waals surface area contributed by atoms with E-state index in [0.29, 0.717) is 5.69 Å². The molecule has 3 aromatic rings. The van der Waals surface area contributed by atoms with Crippen LogP contribution in [-0.4, -0.2) is 35.3 Å². The van der Waals surface area contributed by atoms with Crippen molar-refractivity contribution >= 4 is 11.6 Å². The number of para-hydroxylation sites is 2. The van der Waals surface area contributed by atoms with E-state index >= 15 is 0 Å². The smallest absolute Gasteiger partial charge is 0.284 e. The fraction of sp³-hybridized carbons (Fsp3) is 0.261. The Bertz CT molecular complexity index is 1140. The zero-order chi connectivity index (χ0) is 22.5. The first-order valence-electron chi connectivity index (χ1n) is 10.1. The third-order valence-electron chi connectivity index (χ3n) is 5.02. The van der Waals surface area contributed by atoms with Crippen LogP contribution in [-0.2, 0) is 4.74 Å². The Kier molecular flexibility index (Phi) is 6.55. The molecule has 1 aliphatic heterocycles. The van der Waals surface area contributed by atoms with Gasteiger partial charge in [-0.2, -0.15) is 9.78 Å². The Balaban J connectivity index is 1.55. The van der Waals surface area contributed by atoms with E-state index < -0.39 is 24.5 Å². The summed E-state index contributed by atoms with van der Waals surface area (Å²) in [6, 6.07) is 14.7. The SMILES string of the molecule is O=C(Nc1ccc(C2CCCO2)cc1)c1ccnn(-c2ccccc2OCC(F)F)c1=O. The summed E-state index contributed by atoms with van der Waals surface area (Å²) < 4.78 is 36.8. The van der Waals surface area contributed by atoms with Gasteiger partial charge in [0.05, 0.1) is 6.10 Å². The van der Waals surface area contributed by atoms with Crippen LogP contribution in [0.5, 0.6) is 5.75 Å². The molecule has 1 fully saturated rings. The topological polar surface area (TPSA) is 82.4 Å². The molecule has 2 heterocycles. The van der Waals surface area contributed by atoms with Crippen molar-refractivity contribution in [1.82, 2.24) is 9.78 Å². The number of carbonyl (C=O) groups excluding carboxylic acids is 1. The lowest BCUT2D eigenvalue weighted by molar-refractivity contribution is 0.0818. The number of halogens is 2. The van der Waals surface area contributed by atoms with Gasteiger partial charge in [0, 0.05) is 18.5 Å². The number of nitrogens with zero attached hydrogens (tertiary/aromatic N) is 2. The van der Waals surface area contributed by atoms with Crippen LogP contribution < -0.4 is 15.6 Å². The highest BCUT2D eigenvalue weighted by molar-refractivity contribution is 6.04. The number of benzene rings is 2. The lowest BCUT2D eigenvalue weighted by atomic mass is 10.1. The van der Waals surface area contributed by atoms with Crippen molar-refractivity contribution in [3.05, 3.63) is 82.3 Å². The van der Waals surface area contributed by atoms with Gasteiger partial charge in [0.2, 0.25) is 0 Å². The van der Waals surface area contributed by atoms with Gasteiger partial charge >= 0.3 is 0 Å². The van der Waals surface area contributed by atoms with Gasteiger partial charge in [-0.1, -0.05) is 24.3 Å². The summed E-state index contributed by atoms with van der Waals surface area (Å²) in [5, 5.41) is 6.68. The molecule has 4 rings (SSSR count). The molecule has 1 amide bonds. The maximum atomic E-state index is 12.9. The number of nitrogens with one attached hydrogen (secondary N) is 1. The Morgan fingerprint density at radius 3 is 2.69 bits per heavy atom. The molecule has 1 atom stereocenters. The highest BCUT2D eigenvalue weighted by Gasteiger charge is 2.19. The van der Waals surface area contributed by atoms with Crippen molar-refractivity contribution in [2.75, 3.05) is 18.5 Å². The van der Waals surface area contributed by atoms with Crippen molar-refractivity contribution in [3.63, 3.8) is 0 Å². The molecule has 32 heavy (non-hydrogen) atoms. The Morgan fingerprint density at radius 1 is 1.19 bits per heavy atom. The lowest BCUT2D eigenvalue weighted by Gasteiger charge is -2.13. The lowest BCUT2D eigenvalue weighted by Crippen LogP contribution is -2.30. The summed E-state index contributed by atoms with van der Waals surface area (Å²) in [4.78, 5) is 25.7. The van der Waals surface area contributed by atoms with Crippen LogP contribution in [0.25, 0.3) is 5.69 Å². The maximum Gasteiger partial charge on any atom is 0.284 e. The number of hydrogen-bond donors (Lipinski definition) is 1. The fourth-order valence-corrected chi connectivity index (χ4v) is 3.48. The molecule has 0 saturated carbocycles. The van der Waals surface area contributed by atoms with Gasteiger partial charge in [0.25, 0.3) is 17.9 Å². The molecule has 0 aliphatic carbocycles. The minimum absolute atomic E-state index is 0.0599. The molecule has 166 valence electrons. The number of hydrogen-bond acceptors (Lipinski definition) is 5. The second kappa shape index (κ2) is 9.69. The van der Waals surface area contributed by atoms with E-state index in [2.05, 4.69) is 10.4 Å². The third-order valence-corrected chi connectivity index (χ3v) is 5.02. The second-order valence-electron chi connectivity index (χ2n) is 7.21. The molecule has 7 nitrogen and oxygen atoms in total. The fourth-order valence-electron chi connectivity index (χ4n) is 3.48. The monoisotopic (exact) mass is 441 g/mol. The van der Waals surface area contributed by atoms with Crippen molar-refractivity contribution in [1.29, 1.82) is 0 Å². The van der Waals surface area contributed by atoms with Crippen molar-refractivity contribution in [2.24, 2.45) is 0 Å². The first kappa shape index (κ1) is 21.6. The minimum atomic E-state index is -2.67. The molecule has 1 saturated heterocycles. The molecule has 1 aromatic heterocycles. The van der Waals surface area contributed by atoms with Gasteiger partial charge in [0.1, 0.15) is 23.6 Å². The van der Waals surface area contributed by atoms with E-state index in [1.165, 1.54) is 24.4 Å². The first-order chi connectivity index (χ1) is 15.5. The molecule has 2 aromatic carbocycles. The highest BCUT2D eigenvalue weighted by Crippen LogP contribution is 2.29. The van der Waals surface area contributed by atoms with E-state index in [4.69, 9.17) is 9.47 Å². The molecule has 1 unspecified atom stereocenters. The summed E-state index contributed by atoms with van der Waals surface area (Å²) >= 11 is 0. The number of amides is 1. The highest BCUT2D eigenvalue weighted by atomic mass is 19.3. The van der Waals surface area contributed by atoms with Gasteiger partial charge in [-0.05, 0) is 48.7 Å². The number of carbonyl (C=O) groups is 1. The Morgan fingerprint density at radius 2 is 1.97 bits per heavy atom. The molecule has 9 heteroatoms. The van der Waals surface area contributed by atoms with Crippen LogP contribution in [0.1, 0.15) is 34.9 Å². The van der Waals surface area contributed by atoms with Crippen LogP contribution in [0.2, 0.25) is 0 Å². The summed E-state index contributed by atoms with van der Waals surface area (Å²) in [6.07, 6.45) is 0.676. The summed E-state index contributed by atoms with van der Waals surface area (Å²) in [7, 11) is 0. The van der Waals surface area contributed by atoms with Gasteiger partial charge in [-0.3, -0.25) is 9.59 Å². The van der Waals surface area contributed by atoms with Crippen molar-refractivity contribution < 1.29 is 23.0 Å². The van der Waals surface area contributed by atoms with Gasteiger partial charge in [0.15, 0.2) is 0 Å². The molecule has 0 bridgehead atoms. The zero-order valence-electron chi connectivity index (χ0n) is 17.0. The van der Waals surface area contributed by atoms with Gasteiger partial charge < -0.3 is 14.8 Å². The van der Waals surface area contributed by atoms with Crippen LogP contribution >= 0.6 is 0 Å². The van der Waals surface area contributed by atoms with E-state index in [0.717, 1.165) is 29.7 Å². The minimum Gasteiger partial charge on any atom is -0.485 e. The average Bonchev–Trinajstić information content (AvgIpc) is 3.33. The molecular formula is C23H21F2N3O4. The van der Waals surface area contributed by atoms with Gasteiger partial charge in [-0.25, -0.2) is 8.78 Å². The molecule has 1 aliphatic rings. The van der Waals surface area contributed by atoms with Crippen molar-refractivity contribution in [2.45, 2.75) is 25.4 Å². The van der Waals surface area contributed by atoms with Crippen LogP contribution in [0.3, 0.4) is 0 Å². The first-order valence-corrected chi connectivity index (χ1v) is 10.1. The maximum absolute atomic E-state index is 12.9. The summed E-state index contributed by atoms with van der Waals surface area (Å²) in [5.74, 6) is -0.549. The average molecular weight is 441 g/mol.